The Hall–Kier alpha value is -2.85. The Bertz CT molecular complexity index is 1280. The summed E-state index contributed by atoms with van der Waals surface area (Å²) in [5.74, 6) is -0.948. The molecule has 10 nitrogen and oxygen atoms in total. The third-order valence-electron chi connectivity index (χ3n) is 8.94. The Labute approximate surface area is 359 Å². The molecule has 0 spiro atoms. The standard InChI is InChI=1S/C48H82NO9P/c1-5-6-7-8-9-10-11-12-13-15-19-22-25-28-31-34-37-40-48(52)58-46(45-57-59(53,54)56-43-41-49(2,3)4)44-55-47(51)39-36-33-30-27-24-21-18-16-14-17-20-23-26-29-32-35-38-42-50/h9-10,12-14,17-19,21-23,26-27,30,46,50H,5-8,11,15-16,20,24-25,28-29,31-45H2,1-4H3/b10-9-,13-12-,17-14-,21-18-,22-19-,26-23-,30-27-/t46-/m1/s1. The van der Waals surface area contributed by atoms with Crippen molar-refractivity contribution < 1.29 is 47.2 Å². The van der Waals surface area contributed by atoms with E-state index in [1.54, 1.807) is 0 Å². The second-order valence-corrected chi connectivity index (χ2v) is 17.2. The fourth-order valence-corrected chi connectivity index (χ4v) is 6.12. The number of aliphatic hydroxyl groups is 1. The van der Waals surface area contributed by atoms with Crippen LogP contribution in [-0.4, -0.2) is 81.7 Å². The Morgan fingerprint density at radius 3 is 1.51 bits per heavy atom. The van der Waals surface area contributed by atoms with Gasteiger partial charge in [0.2, 0.25) is 0 Å². The van der Waals surface area contributed by atoms with Crippen molar-refractivity contribution in [1.82, 2.24) is 0 Å². The van der Waals surface area contributed by atoms with Crippen LogP contribution in [0.5, 0.6) is 0 Å². The van der Waals surface area contributed by atoms with Crippen molar-refractivity contribution in [1.29, 1.82) is 0 Å². The molecule has 0 bridgehead atoms. The molecular weight excluding hydrogens is 766 g/mol. The molecule has 0 fully saturated rings. The van der Waals surface area contributed by atoms with Gasteiger partial charge in [0.05, 0.1) is 27.7 Å². The van der Waals surface area contributed by atoms with Crippen molar-refractivity contribution in [2.75, 3.05) is 54.1 Å². The molecule has 59 heavy (non-hydrogen) atoms. The summed E-state index contributed by atoms with van der Waals surface area (Å²) in [6, 6.07) is 0. The van der Waals surface area contributed by atoms with Gasteiger partial charge in [-0.15, -0.1) is 0 Å². The largest absolute Gasteiger partial charge is 0.756 e. The first-order valence-corrected chi connectivity index (χ1v) is 23.9. The Kier molecular flexibility index (Phi) is 38.6. The number of phosphoric ester groups is 1. The Balaban J connectivity index is 4.50. The molecule has 1 unspecified atom stereocenters. The van der Waals surface area contributed by atoms with Gasteiger partial charge in [-0.3, -0.25) is 14.2 Å². The second kappa shape index (κ2) is 40.6. The Morgan fingerprint density at radius 1 is 0.576 bits per heavy atom. The maximum atomic E-state index is 12.7. The number of esters is 2. The van der Waals surface area contributed by atoms with E-state index in [0.717, 1.165) is 83.5 Å². The van der Waals surface area contributed by atoms with Gasteiger partial charge in [-0.25, -0.2) is 0 Å². The van der Waals surface area contributed by atoms with E-state index in [-0.39, 0.29) is 32.7 Å². The summed E-state index contributed by atoms with van der Waals surface area (Å²) < 4.78 is 33.8. The first-order valence-electron chi connectivity index (χ1n) is 22.4. The molecule has 0 amide bonds. The topological polar surface area (TPSA) is 131 Å². The van der Waals surface area contributed by atoms with Crippen molar-refractivity contribution in [3.05, 3.63) is 85.1 Å². The number of nitrogens with zero attached hydrogens (tertiary/aromatic N) is 1. The van der Waals surface area contributed by atoms with E-state index in [1.165, 1.54) is 25.7 Å². The summed E-state index contributed by atoms with van der Waals surface area (Å²) >= 11 is 0. The number of phosphoric acid groups is 1. The van der Waals surface area contributed by atoms with Crippen LogP contribution in [0.3, 0.4) is 0 Å². The number of likely N-dealkylation sites (N-methyl/N-ethyl adjacent to an activating group) is 1. The monoisotopic (exact) mass is 848 g/mol. The number of aliphatic hydroxyl groups excluding tert-OH is 1. The first-order chi connectivity index (χ1) is 28.5. The SMILES string of the molecule is CCCCC/C=C\C/C=C\C/C=C\CCCCCCC(=O)O[C@H](COC(=O)CCC/C=C\C/C=C\C/C=C\C/C=C\CCCCCO)COP(=O)([O-])OCC[N+](C)(C)C. The van der Waals surface area contributed by atoms with Crippen LogP contribution < -0.4 is 4.89 Å². The number of carbonyl (C=O) groups is 2. The summed E-state index contributed by atoms with van der Waals surface area (Å²) in [5.41, 5.74) is 0. The highest BCUT2D eigenvalue weighted by molar-refractivity contribution is 7.45. The average molecular weight is 848 g/mol. The number of allylic oxidation sites excluding steroid dienone is 14. The lowest BCUT2D eigenvalue weighted by Gasteiger charge is -2.28. The summed E-state index contributed by atoms with van der Waals surface area (Å²) in [6.07, 6.45) is 49.1. The van der Waals surface area contributed by atoms with Gasteiger partial charge in [0, 0.05) is 19.4 Å². The number of ether oxygens (including phenoxy) is 2. The average Bonchev–Trinajstić information content (AvgIpc) is 3.19. The molecule has 11 heteroatoms. The predicted molar refractivity (Wildman–Crippen MR) is 242 cm³/mol. The van der Waals surface area contributed by atoms with Crippen LogP contribution in [-0.2, 0) is 32.7 Å². The van der Waals surface area contributed by atoms with Crippen molar-refractivity contribution >= 4 is 19.8 Å². The molecule has 0 aliphatic heterocycles. The number of hydrogen-bond acceptors (Lipinski definition) is 9. The third-order valence-corrected chi connectivity index (χ3v) is 9.91. The van der Waals surface area contributed by atoms with Gasteiger partial charge in [0.15, 0.2) is 6.10 Å². The van der Waals surface area contributed by atoms with Crippen LogP contribution in [0, 0.1) is 0 Å². The molecule has 0 rings (SSSR count). The molecule has 0 saturated heterocycles. The van der Waals surface area contributed by atoms with Gasteiger partial charge in [-0.05, 0) is 96.3 Å². The van der Waals surface area contributed by atoms with E-state index >= 15 is 0 Å². The molecular formula is C48H82NO9P. The molecule has 0 aliphatic carbocycles. The Morgan fingerprint density at radius 2 is 1.02 bits per heavy atom. The molecule has 0 radical (unpaired) electrons. The van der Waals surface area contributed by atoms with Crippen molar-refractivity contribution in [3.63, 3.8) is 0 Å². The molecule has 0 aromatic rings. The van der Waals surface area contributed by atoms with E-state index in [2.05, 4.69) is 85.9 Å². The molecule has 0 aromatic carbocycles. The van der Waals surface area contributed by atoms with Gasteiger partial charge in [-0.2, -0.15) is 0 Å². The summed E-state index contributed by atoms with van der Waals surface area (Å²) in [4.78, 5) is 37.5. The summed E-state index contributed by atoms with van der Waals surface area (Å²) in [6.45, 7) is 2.09. The van der Waals surface area contributed by atoms with Crippen LogP contribution in [0.4, 0.5) is 0 Å². The third kappa shape index (κ3) is 44.5. The normalized spacial score (nSPS) is 14.3. The fourth-order valence-electron chi connectivity index (χ4n) is 5.40. The zero-order valence-corrected chi connectivity index (χ0v) is 38.3. The highest BCUT2D eigenvalue weighted by Crippen LogP contribution is 2.38. The zero-order chi connectivity index (χ0) is 43.6. The maximum Gasteiger partial charge on any atom is 0.306 e. The number of unbranched alkanes of at least 4 members (excludes halogenated alkanes) is 11. The van der Waals surface area contributed by atoms with Crippen molar-refractivity contribution in [3.8, 4) is 0 Å². The van der Waals surface area contributed by atoms with Crippen LogP contribution in [0.25, 0.3) is 0 Å². The molecule has 1 N–H and O–H groups in total. The number of quaternary nitrogens is 1. The molecule has 0 aliphatic rings. The molecule has 0 aromatic heterocycles. The minimum Gasteiger partial charge on any atom is -0.756 e. The van der Waals surface area contributed by atoms with Crippen LogP contribution in [0.1, 0.15) is 148 Å². The van der Waals surface area contributed by atoms with Crippen molar-refractivity contribution in [2.24, 2.45) is 0 Å². The number of carbonyl (C=O) groups excluding carboxylic acids is 2. The lowest BCUT2D eigenvalue weighted by Crippen LogP contribution is -2.37. The minimum absolute atomic E-state index is 0.0532. The first kappa shape index (κ1) is 56.1. The summed E-state index contributed by atoms with van der Waals surface area (Å²) in [5, 5.41) is 8.80. The fraction of sp³-hybridized carbons (Fsp3) is 0.667. The number of rotatable bonds is 40. The number of hydrogen-bond donors (Lipinski definition) is 1. The van der Waals surface area contributed by atoms with Crippen LogP contribution in [0.15, 0.2) is 85.1 Å². The van der Waals surface area contributed by atoms with Crippen LogP contribution in [0.2, 0.25) is 0 Å². The second-order valence-electron chi connectivity index (χ2n) is 15.8. The van der Waals surface area contributed by atoms with E-state index in [1.807, 2.05) is 27.2 Å². The van der Waals surface area contributed by atoms with Gasteiger partial charge in [-0.1, -0.05) is 124 Å². The molecule has 2 atom stereocenters. The lowest BCUT2D eigenvalue weighted by atomic mass is 10.1. The van der Waals surface area contributed by atoms with Crippen LogP contribution >= 0.6 is 7.82 Å². The smallest absolute Gasteiger partial charge is 0.306 e. The lowest BCUT2D eigenvalue weighted by molar-refractivity contribution is -0.870. The van der Waals surface area contributed by atoms with Gasteiger partial charge < -0.3 is 33.0 Å². The van der Waals surface area contributed by atoms with Gasteiger partial charge >= 0.3 is 11.9 Å². The predicted octanol–water partition coefficient (Wildman–Crippen LogP) is 11.1. The molecule has 0 heterocycles. The minimum atomic E-state index is -4.66. The molecule has 0 saturated carbocycles. The van der Waals surface area contributed by atoms with Crippen molar-refractivity contribution in [2.45, 2.75) is 154 Å². The van der Waals surface area contributed by atoms with E-state index < -0.39 is 32.5 Å². The highest BCUT2D eigenvalue weighted by atomic mass is 31.2. The van der Waals surface area contributed by atoms with E-state index in [0.29, 0.717) is 30.3 Å². The quantitative estimate of drug-likeness (QED) is 0.0210. The van der Waals surface area contributed by atoms with E-state index in [9.17, 15) is 19.0 Å². The maximum absolute atomic E-state index is 12.7. The highest BCUT2D eigenvalue weighted by Gasteiger charge is 2.21. The van der Waals surface area contributed by atoms with E-state index in [4.69, 9.17) is 23.6 Å². The van der Waals surface area contributed by atoms with Gasteiger partial charge in [0.25, 0.3) is 7.82 Å². The van der Waals surface area contributed by atoms with Gasteiger partial charge in [0.1, 0.15) is 19.8 Å². The molecule has 338 valence electrons. The zero-order valence-electron chi connectivity index (χ0n) is 37.4. The summed E-state index contributed by atoms with van der Waals surface area (Å²) in [7, 11) is 1.09.